The lowest BCUT2D eigenvalue weighted by Crippen LogP contribution is -2.16. The van der Waals surface area contributed by atoms with E-state index in [1.165, 1.54) is 6.42 Å². The Bertz CT molecular complexity index is 271. The van der Waals surface area contributed by atoms with Crippen molar-refractivity contribution in [1.29, 1.82) is 0 Å². The van der Waals surface area contributed by atoms with Crippen molar-refractivity contribution in [1.82, 2.24) is 5.32 Å². The molecule has 0 saturated heterocycles. The van der Waals surface area contributed by atoms with Crippen molar-refractivity contribution in [2.24, 2.45) is 5.92 Å². The lowest BCUT2D eigenvalue weighted by atomic mass is 10.1. The lowest BCUT2D eigenvalue weighted by Gasteiger charge is -2.07. The van der Waals surface area contributed by atoms with Crippen molar-refractivity contribution in [2.45, 2.75) is 26.8 Å². The van der Waals surface area contributed by atoms with E-state index in [-0.39, 0.29) is 0 Å². The zero-order valence-corrected chi connectivity index (χ0v) is 8.96. The molecule has 2 nitrogen and oxygen atoms in total. The van der Waals surface area contributed by atoms with Crippen molar-refractivity contribution in [3.63, 3.8) is 0 Å². The van der Waals surface area contributed by atoms with E-state index >= 15 is 0 Å². The zero-order chi connectivity index (χ0) is 10.4. The van der Waals surface area contributed by atoms with Crippen LogP contribution < -0.4 is 5.32 Å². The molecule has 1 aromatic rings. The van der Waals surface area contributed by atoms with Crippen molar-refractivity contribution >= 4 is 0 Å². The molecule has 2 heteroatoms. The summed E-state index contributed by atoms with van der Waals surface area (Å²) in [4.78, 5) is 0. The highest BCUT2D eigenvalue weighted by Crippen LogP contribution is 2.10. The number of phenolic OH excluding ortho intramolecular Hbond substituents is 1. The fourth-order valence-corrected chi connectivity index (χ4v) is 1.29. The van der Waals surface area contributed by atoms with E-state index in [0.717, 1.165) is 24.6 Å². The molecule has 0 spiro atoms. The summed E-state index contributed by atoms with van der Waals surface area (Å²) in [7, 11) is 0. The summed E-state index contributed by atoms with van der Waals surface area (Å²) >= 11 is 0. The fraction of sp³-hybridized carbons (Fsp3) is 0.500. The van der Waals surface area contributed by atoms with Crippen molar-refractivity contribution in [2.75, 3.05) is 6.54 Å². The Hall–Kier alpha value is -1.02. The molecule has 1 rings (SSSR count). The molecule has 78 valence electrons. The van der Waals surface area contributed by atoms with Crippen LogP contribution in [0.1, 0.15) is 25.8 Å². The van der Waals surface area contributed by atoms with Gasteiger partial charge in [-0.2, -0.15) is 0 Å². The maximum Gasteiger partial charge on any atom is 0.115 e. The first kappa shape index (κ1) is 11.1. The minimum absolute atomic E-state index is 0.341. The largest absolute Gasteiger partial charge is 0.508 e. The predicted octanol–water partition coefficient (Wildman–Crippen LogP) is 2.53. The molecule has 0 heterocycles. The van der Waals surface area contributed by atoms with Gasteiger partial charge in [0.2, 0.25) is 0 Å². The Labute approximate surface area is 86.0 Å². The van der Waals surface area contributed by atoms with E-state index in [1.807, 2.05) is 12.1 Å². The van der Waals surface area contributed by atoms with Crippen LogP contribution in [0.15, 0.2) is 24.3 Å². The third-order valence-corrected chi connectivity index (χ3v) is 2.14. The maximum absolute atomic E-state index is 9.23. The van der Waals surface area contributed by atoms with E-state index < -0.39 is 0 Å². The van der Waals surface area contributed by atoms with E-state index in [0.29, 0.717) is 5.75 Å². The van der Waals surface area contributed by atoms with Crippen LogP contribution in [0.3, 0.4) is 0 Å². The van der Waals surface area contributed by atoms with Gasteiger partial charge in [-0.3, -0.25) is 0 Å². The summed E-state index contributed by atoms with van der Waals surface area (Å²) in [6.45, 7) is 6.31. The highest BCUT2D eigenvalue weighted by atomic mass is 16.3. The zero-order valence-electron chi connectivity index (χ0n) is 8.96. The molecule has 1 aromatic carbocycles. The molecule has 0 aliphatic heterocycles. The average Bonchev–Trinajstić information content (AvgIpc) is 2.12. The summed E-state index contributed by atoms with van der Waals surface area (Å²) in [5.41, 5.74) is 1.13. The standard InChI is InChI=1S/C12H19NO/c1-10(2)6-7-13-9-11-4-3-5-12(14)8-11/h3-5,8,10,13-14H,6-7,9H2,1-2H3. The van der Waals surface area contributed by atoms with Crippen molar-refractivity contribution in [3.8, 4) is 5.75 Å². The second-order valence-electron chi connectivity index (χ2n) is 4.03. The number of aromatic hydroxyl groups is 1. The van der Waals surface area contributed by atoms with Gasteiger partial charge in [0.05, 0.1) is 0 Å². The highest BCUT2D eigenvalue weighted by molar-refractivity contribution is 5.26. The second-order valence-corrected chi connectivity index (χ2v) is 4.03. The fourth-order valence-electron chi connectivity index (χ4n) is 1.29. The molecule has 0 aliphatic carbocycles. The van der Waals surface area contributed by atoms with Crippen LogP contribution in [0.4, 0.5) is 0 Å². The van der Waals surface area contributed by atoms with Crippen LogP contribution in [0, 0.1) is 5.92 Å². The van der Waals surface area contributed by atoms with Crippen LogP contribution in [-0.2, 0) is 6.54 Å². The Morgan fingerprint density at radius 1 is 1.36 bits per heavy atom. The first-order chi connectivity index (χ1) is 6.68. The minimum atomic E-state index is 0.341. The predicted molar refractivity (Wildman–Crippen MR) is 59.3 cm³/mol. The maximum atomic E-state index is 9.23. The molecular formula is C12H19NO. The Balaban J connectivity index is 2.25. The van der Waals surface area contributed by atoms with Gasteiger partial charge in [0.1, 0.15) is 5.75 Å². The van der Waals surface area contributed by atoms with E-state index in [1.54, 1.807) is 12.1 Å². The molecule has 0 unspecified atom stereocenters. The molecule has 0 aliphatic rings. The summed E-state index contributed by atoms with van der Waals surface area (Å²) in [6, 6.07) is 7.37. The van der Waals surface area contributed by atoms with Gasteiger partial charge < -0.3 is 10.4 Å². The van der Waals surface area contributed by atoms with Crippen LogP contribution in [0.25, 0.3) is 0 Å². The smallest absolute Gasteiger partial charge is 0.115 e. The quantitative estimate of drug-likeness (QED) is 0.704. The highest BCUT2D eigenvalue weighted by Gasteiger charge is 1.95. The van der Waals surface area contributed by atoms with E-state index in [2.05, 4.69) is 19.2 Å². The molecule has 0 radical (unpaired) electrons. The number of rotatable bonds is 5. The molecule has 0 bridgehead atoms. The molecule has 2 N–H and O–H groups in total. The average molecular weight is 193 g/mol. The second kappa shape index (κ2) is 5.66. The number of phenols is 1. The summed E-state index contributed by atoms with van der Waals surface area (Å²) < 4.78 is 0. The Morgan fingerprint density at radius 2 is 2.14 bits per heavy atom. The van der Waals surface area contributed by atoms with Crippen LogP contribution >= 0.6 is 0 Å². The van der Waals surface area contributed by atoms with Crippen molar-refractivity contribution < 1.29 is 5.11 Å². The van der Waals surface area contributed by atoms with Crippen LogP contribution in [0.5, 0.6) is 5.75 Å². The molecule has 0 fully saturated rings. The SMILES string of the molecule is CC(C)CCNCc1cccc(O)c1. The van der Waals surface area contributed by atoms with Gasteiger partial charge in [0.15, 0.2) is 0 Å². The summed E-state index contributed by atoms with van der Waals surface area (Å²) in [5.74, 6) is 1.08. The molecule has 14 heavy (non-hydrogen) atoms. The Morgan fingerprint density at radius 3 is 2.79 bits per heavy atom. The first-order valence-corrected chi connectivity index (χ1v) is 5.17. The van der Waals surface area contributed by atoms with Gasteiger partial charge in [-0.15, -0.1) is 0 Å². The van der Waals surface area contributed by atoms with Gasteiger partial charge in [-0.1, -0.05) is 26.0 Å². The lowest BCUT2D eigenvalue weighted by molar-refractivity contribution is 0.473. The van der Waals surface area contributed by atoms with Crippen molar-refractivity contribution in [3.05, 3.63) is 29.8 Å². The van der Waals surface area contributed by atoms with Gasteiger partial charge >= 0.3 is 0 Å². The Kier molecular flexibility index (Phi) is 4.47. The normalized spacial score (nSPS) is 10.8. The number of hydrogen-bond donors (Lipinski definition) is 2. The molecular weight excluding hydrogens is 174 g/mol. The third kappa shape index (κ3) is 4.28. The summed E-state index contributed by atoms with van der Waals surface area (Å²) in [5, 5.41) is 12.6. The van der Waals surface area contributed by atoms with Gasteiger partial charge in [-0.25, -0.2) is 0 Å². The van der Waals surface area contributed by atoms with Crippen LogP contribution in [-0.4, -0.2) is 11.7 Å². The molecule has 0 saturated carbocycles. The van der Waals surface area contributed by atoms with Crippen LogP contribution in [0.2, 0.25) is 0 Å². The van der Waals surface area contributed by atoms with E-state index in [4.69, 9.17) is 0 Å². The molecule has 0 aromatic heterocycles. The minimum Gasteiger partial charge on any atom is -0.508 e. The van der Waals surface area contributed by atoms with Gasteiger partial charge in [0.25, 0.3) is 0 Å². The van der Waals surface area contributed by atoms with Gasteiger partial charge in [0, 0.05) is 6.54 Å². The number of benzene rings is 1. The number of nitrogens with one attached hydrogen (secondary N) is 1. The van der Waals surface area contributed by atoms with Gasteiger partial charge in [-0.05, 0) is 36.6 Å². The van der Waals surface area contributed by atoms with E-state index in [9.17, 15) is 5.11 Å². The first-order valence-electron chi connectivity index (χ1n) is 5.17. The monoisotopic (exact) mass is 193 g/mol. The summed E-state index contributed by atoms with van der Waals surface area (Å²) in [6.07, 6.45) is 1.19. The number of hydrogen-bond acceptors (Lipinski definition) is 2. The topological polar surface area (TPSA) is 32.3 Å². The molecule has 0 amide bonds. The third-order valence-electron chi connectivity index (χ3n) is 2.14. The molecule has 0 atom stereocenters.